The molecule has 1 amide bonds. The van der Waals surface area contributed by atoms with Crippen LogP contribution in [0.1, 0.15) is 57.6 Å². The summed E-state index contributed by atoms with van der Waals surface area (Å²) >= 11 is 0. The van der Waals surface area contributed by atoms with E-state index in [-0.39, 0.29) is 17.9 Å². The van der Waals surface area contributed by atoms with Gasteiger partial charge in [0.15, 0.2) is 11.6 Å². The van der Waals surface area contributed by atoms with Crippen LogP contribution in [-0.2, 0) is 4.79 Å². The highest BCUT2D eigenvalue weighted by molar-refractivity contribution is 5.78. The van der Waals surface area contributed by atoms with Crippen LogP contribution >= 0.6 is 0 Å². The molecule has 24 heavy (non-hydrogen) atoms. The van der Waals surface area contributed by atoms with E-state index in [9.17, 15) is 13.6 Å². The Morgan fingerprint density at radius 3 is 2.58 bits per heavy atom. The first-order valence-corrected chi connectivity index (χ1v) is 8.99. The zero-order valence-corrected chi connectivity index (χ0v) is 14.7. The van der Waals surface area contributed by atoms with Crippen molar-refractivity contribution in [3.63, 3.8) is 0 Å². The van der Waals surface area contributed by atoms with Crippen LogP contribution < -0.4 is 5.32 Å². The van der Waals surface area contributed by atoms with Gasteiger partial charge in [-0.1, -0.05) is 25.8 Å². The topological polar surface area (TPSA) is 32.3 Å². The normalized spacial score (nSPS) is 17.7. The molecule has 1 aromatic rings. The summed E-state index contributed by atoms with van der Waals surface area (Å²) in [5, 5.41) is 3.03. The Hall–Kier alpha value is -1.49. The Morgan fingerprint density at radius 1 is 1.25 bits per heavy atom. The van der Waals surface area contributed by atoms with Crippen LogP contribution in [0.2, 0.25) is 0 Å². The molecular weight excluding hydrogens is 310 g/mol. The van der Waals surface area contributed by atoms with E-state index in [1.807, 2.05) is 6.92 Å². The molecule has 0 bridgehead atoms. The first kappa shape index (κ1) is 18.8. The van der Waals surface area contributed by atoms with Crippen LogP contribution in [0.3, 0.4) is 0 Å². The number of nitrogens with one attached hydrogen (secondary N) is 1. The summed E-state index contributed by atoms with van der Waals surface area (Å²) in [5.41, 5.74) is 0.774. The minimum atomic E-state index is -0.815. The monoisotopic (exact) mass is 338 g/mol. The van der Waals surface area contributed by atoms with Gasteiger partial charge in [-0.3, -0.25) is 9.69 Å². The van der Waals surface area contributed by atoms with Crippen molar-refractivity contribution < 1.29 is 13.6 Å². The molecule has 0 unspecified atom stereocenters. The average Bonchev–Trinajstić information content (AvgIpc) is 2.60. The van der Waals surface area contributed by atoms with Crippen molar-refractivity contribution in [2.75, 3.05) is 19.6 Å². The second-order valence-corrected chi connectivity index (χ2v) is 6.66. The molecule has 1 aliphatic heterocycles. The molecule has 1 aliphatic rings. The number of carbonyl (C=O) groups is 1. The van der Waals surface area contributed by atoms with Crippen LogP contribution in [0, 0.1) is 17.6 Å². The highest BCUT2D eigenvalue weighted by atomic mass is 19.2. The predicted octanol–water partition coefficient (Wildman–Crippen LogP) is 4.04. The molecule has 1 heterocycles. The molecule has 0 aliphatic carbocycles. The molecule has 0 aromatic heterocycles. The van der Waals surface area contributed by atoms with Gasteiger partial charge in [0.25, 0.3) is 0 Å². The lowest BCUT2D eigenvalue weighted by Gasteiger charge is -2.35. The lowest BCUT2D eigenvalue weighted by Crippen LogP contribution is -2.41. The fourth-order valence-electron chi connectivity index (χ4n) is 3.26. The highest BCUT2D eigenvalue weighted by Gasteiger charge is 2.27. The number of hydrogen-bond acceptors (Lipinski definition) is 2. The van der Waals surface area contributed by atoms with Crippen molar-refractivity contribution in [1.29, 1.82) is 0 Å². The fourth-order valence-corrected chi connectivity index (χ4v) is 3.26. The average molecular weight is 338 g/mol. The third kappa shape index (κ3) is 5.00. The van der Waals surface area contributed by atoms with Gasteiger partial charge in [-0.25, -0.2) is 8.78 Å². The van der Waals surface area contributed by atoms with E-state index >= 15 is 0 Å². The molecular formula is C19H28F2N2O. The van der Waals surface area contributed by atoms with Gasteiger partial charge in [-0.15, -0.1) is 0 Å². The molecule has 1 saturated heterocycles. The van der Waals surface area contributed by atoms with Gasteiger partial charge in [0.05, 0.1) is 0 Å². The summed E-state index contributed by atoms with van der Waals surface area (Å²) in [5.74, 6) is -1.39. The Balaban J connectivity index is 1.81. The van der Waals surface area contributed by atoms with E-state index in [4.69, 9.17) is 0 Å². The maximum atomic E-state index is 13.4. The van der Waals surface area contributed by atoms with Crippen LogP contribution in [0.4, 0.5) is 8.78 Å². The summed E-state index contributed by atoms with van der Waals surface area (Å²) in [6.07, 6.45) is 4.95. The predicted molar refractivity (Wildman–Crippen MR) is 91.6 cm³/mol. The molecule has 134 valence electrons. The second-order valence-electron chi connectivity index (χ2n) is 6.66. The first-order chi connectivity index (χ1) is 11.5. The fraction of sp³-hybridized carbons (Fsp3) is 0.632. The number of benzene rings is 1. The van der Waals surface area contributed by atoms with E-state index in [1.165, 1.54) is 12.1 Å². The van der Waals surface area contributed by atoms with E-state index in [2.05, 4.69) is 17.1 Å². The Morgan fingerprint density at radius 2 is 1.96 bits per heavy atom. The first-order valence-electron chi connectivity index (χ1n) is 8.99. The van der Waals surface area contributed by atoms with Crippen molar-refractivity contribution in [1.82, 2.24) is 10.2 Å². The number of amides is 1. The van der Waals surface area contributed by atoms with Gasteiger partial charge in [-0.05, 0) is 57.0 Å². The van der Waals surface area contributed by atoms with Gasteiger partial charge in [0.2, 0.25) is 5.91 Å². The number of likely N-dealkylation sites (tertiary alicyclic amines) is 1. The number of carbonyl (C=O) groups excluding carboxylic acids is 1. The molecule has 0 spiro atoms. The minimum Gasteiger partial charge on any atom is -0.356 e. The Bertz CT molecular complexity index is 542. The number of halogens is 2. The van der Waals surface area contributed by atoms with Crippen molar-refractivity contribution in [3.8, 4) is 0 Å². The number of rotatable bonds is 7. The molecule has 1 aromatic carbocycles. The summed E-state index contributed by atoms with van der Waals surface area (Å²) < 4.78 is 26.5. The maximum absolute atomic E-state index is 13.4. The van der Waals surface area contributed by atoms with Gasteiger partial charge in [0.1, 0.15) is 0 Å². The molecule has 1 N–H and O–H groups in total. The number of unbranched alkanes of at least 4 members (excludes halogenated alkanes) is 2. The lowest BCUT2D eigenvalue weighted by atomic mass is 9.93. The Labute approximate surface area is 143 Å². The quantitative estimate of drug-likeness (QED) is 0.761. The molecule has 0 radical (unpaired) electrons. The van der Waals surface area contributed by atoms with Gasteiger partial charge in [0, 0.05) is 18.5 Å². The molecule has 1 atom stereocenters. The number of nitrogens with zero attached hydrogens (tertiary/aromatic N) is 1. The lowest BCUT2D eigenvalue weighted by molar-refractivity contribution is -0.126. The van der Waals surface area contributed by atoms with Gasteiger partial charge in [-0.2, -0.15) is 0 Å². The van der Waals surface area contributed by atoms with E-state index in [0.717, 1.165) is 57.3 Å². The molecule has 5 heteroatoms. The minimum absolute atomic E-state index is 0.0219. The van der Waals surface area contributed by atoms with Crippen molar-refractivity contribution in [2.24, 2.45) is 5.92 Å². The number of hydrogen-bond donors (Lipinski definition) is 1. The molecule has 1 fully saturated rings. The zero-order valence-electron chi connectivity index (χ0n) is 14.7. The molecule has 2 rings (SSSR count). The van der Waals surface area contributed by atoms with Crippen LogP contribution in [0.25, 0.3) is 0 Å². The van der Waals surface area contributed by atoms with E-state index in [1.54, 1.807) is 6.07 Å². The van der Waals surface area contributed by atoms with Gasteiger partial charge < -0.3 is 5.32 Å². The van der Waals surface area contributed by atoms with Gasteiger partial charge >= 0.3 is 0 Å². The van der Waals surface area contributed by atoms with Crippen molar-refractivity contribution >= 4 is 5.91 Å². The summed E-state index contributed by atoms with van der Waals surface area (Å²) in [6, 6.07) is 4.11. The smallest absolute Gasteiger partial charge is 0.223 e. The number of piperidine rings is 1. The van der Waals surface area contributed by atoms with E-state index < -0.39 is 11.6 Å². The molecule has 0 saturated carbocycles. The zero-order chi connectivity index (χ0) is 17.5. The van der Waals surface area contributed by atoms with Crippen LogP contribution in [-0.4, -0.2) is 30.4 Å². The maximum Gasteiger partial charge on any atom is 0.223 e. The van der Waals surface area contributed by atoms with Crippen molar-refractivity contribution in [3.05, 3.63) is 35.4 Å². The van der Waals surface area contributed by atoms with E-state index in [0.29, 0.717) is 0 Å². The summed E-state index contributed by atoms with van der Waals surface area (Å²) in [4.78, 5) is 14.4. The third-order valence-corrected chi connectivity index (χ3v) is 4.95. The summed E-state index contributed by atoms with van der Waals surface area (Å²) in [6.45, 7) is 6.50. The highest BCUT2D eigenvalue weighted by Crippen LogP contribution is 2.27. The standard InChI is InChI=1S/C19H28F2N2O/c1-3-4-5-10-22-19(24)15-8-11-23(12-9-15)14(2)16-6-7-17(20)18(21)13-16/h6-7,13-15H,3-5,8-12H2,1-2H3,(H,22,24)/t14-/m0/s1. The Kier molecular flexibility index (Phi) is 7.16. The van der Waals surface area contributed by atoms with Crippen molar-refractivity contribution in [2.45, 2.75) is 52.0 Å². The van der Waals surface area contributed by atoms with Crippen LogP contribution in [0.5, 0.6) is 0 Å². The molecule has 3 nitrogen and oxygen atoms in total. The summed E-state index contributed by atoms with van der Waals surface area (Å²) in [7, 11) is 0. The second kappa shape index (κ2) is 9.11. The SMILES string of the molecule is CCCCCNC(=O)C1CCN([C@@H](C)c2ccc(F)c(F)c2)CC1. The third-order valence-electron chi connectivity index (χ3n) is 4.95. The van der Waals surface area contributed by atoms with Crippen LogP contribution in [0.15, 0.2) is 18.2 Å². The largest absolute Gasteiger partial charge is 0.356 e.